The molecule has 4 nitrogen and oxygen atoms in total. The number of aromatic nitrogens is 2. The van der Waals surface area contributed by atoms with Gasteiger partial charge in [0.05, 0.1) is 17.4 Å². The molecule has 2 rings (SSSR count). The van der Waals surface area contributed by atoms with Gasteiger partial charge < -0.3 is 4.52 Å². The Hall–Kier alpha value is -1.68. The lowest BCUT2D eigenvalue weighted by Gasteiger charge is -2.25. The van der Waals surface area contributed by atoms with Crippen LogP contribution >= 0.6 is 0 Å². The lowest BCUT2D eigenvalue weighted by Crippen LogP contribution is -2.24. The predicted molar refractivity (Wildman–Crippen MR) is 79.3 cm³/mol. The van der Waals surface area contributed by atoms with Gasteiger partial charge in [-0.25, -0.2) is 0 Å². The quantitative estimate of drug-likeness (QED) is 0.803. The highest BCUT2D eigenvalue weighted by molar-refractivity contribution is 5.11. The van der Waals surface area contributed by atoms with Gasteiger partial charge in [0.15, 0.2) is 0 Å². The van der Waals surface area contributed by atoms with E-state index in [0.29, 0.717) is 12.0 Å². The van der Waals surface area contributed by atoms with Crippen molar-refractivity contribution >= 4 is 0 Å². The van der Waals surface area contributed by atoms with E-state index in [-0.39, 0.29) is 0 Å². The molecule has 2 aromatic rings. The van der Waals surface area contributed by atoms with Crippen molar-refractivity contribution in [2.24, 2.45) is 0 Å². The maximum atomic E-state index is 5.35. The number of hydrogen-bond acceptors (Lipinski definition) is 4. The standard InChI is InChI=1S/C16H23N3O/c1-5-15(14-8-6-7-9-17-14)19(4)11-13-10-16(12(2)3)20-18-13/h6-10,12,15H,5,11H2,1-4H3. The van der Waals surface area contributed by atoms with Crippen LogP contribution in [-0.2, 0) is 6.54 Å². The normalized spacial score (nSPS) is 13.1. The van der Waals surface area contributed by atoms with E-state index in [2.05, 4.69) is 48.9 Å². The van der Waals surface area contributed by atoms with E-state index >= 15 is 0 Å². The summed E-state index contributed by atoms with van der Waals surface area (Å²) >= 11 is 0. The summed E-state index contributed by atoms with van der Waals surface area (Å²) in [5, 5.41) is 4.15. The summed E-state index contributed by atoms with van der Waals surface area (Å²) in [4.78, 5) is 6.73. The monoisotopic (exact) mass is 273 g/mol. The minimum absolute atomic E-state index is 0.301. The second-order valence-electron chi connectivity index (χ2n) is 5.47. The zero-order valence-electron chi connectivity index (χ0n) is 12.7. The van der Waals surface area contributed by atoms with E-state index in [1.54, 1.807) is 0 Å². The van der Waals surface area contributed by atoms with Crippen LogP contribution < -0.4 is 0 Å². The minimum atomic E-state index is 0.301. The van der Waals surface area contributed by atoms with Crippen molar-refractivity contribution in [2.75, 3.05) is 7.05 Å². The molecule has 0 fully saturated rings. The van der Waals surface area contributed by atoms with E-state index in [0.717, 1.165) is 30.1 Å². The average molecular weight is 273 g/mol. The first-order chi connectivity index (χ1) is 9.61. The van der Waals surface area contributed by atoms with Crippen LogP contribution in [-0.4, -0.2) is 22.1 Å². The smallest absolute Gasteiger partial charge is 0.139 e. The number of pyridine rings is 1. The minimum Gasteiger partial charge on any atom is -0.361 e. The van der Waals surface area contributed by atoms with Gasteiger partial charge >= 0.3 is 0 Å². The first-order valence-electron chi connectivity index (χ1n) is 7.18. The highest BCUT2D eigenvalue weighted by Crippen LogP contribution is 2.23. The van der Waals surface area contributed by atoms with E-state index in [1.807, 2.05) is 24.4 Å². The summed E-state index contributed by atoms with van der Waals surface area (Å²) in [6.07, 6.45) is 2.86. The van der Waals surface area contributed by atoms with E-state index in [1.165, 1.54) is 0 Å². The Morgan fingerprint density at radius 1 is 1.30 bits per heavy atom. The molecule has 2 aromatic heterocycles. The van der Waals surface area contributed by atoms with Gasteiger partial charge in [-0.15, -0.1) is 0 Å². The molecule has 1 atom stereocenters. The van der Waals surface area contributed by atoms with Gasteiger partial charge in [-0.2, -0.15) is 0 Å². The molecule has 0 aliphatic carbocycles. The molecule has 0 bridgehead atoms. The Bertz CT molecular complexity index is 522. The molecule has 1 unspecified atom stereocenters. The zero-order valence-corrected chi connectivity index (χ0v) is 12.7. The Morgan fingerprint density at radius 3 is 2.65 bits per heavy atom. The van der Waals surface area contributed by atoms with Crippen molar-refractivity contribution in [1.29, 1.82) is 0 Å². The van der Waals surface area contributed by atoms with Crippen molar-refractivity contribution in [3.63, 3.8) is 0 Å². The molecule has 108 valence electrons. The molecule has 0 spiro atoms. The molecule has 4 heteroatoms. The van der Waals surface area contributed by atoms with Crippen molar-refractivity contribution < 1.29 is 4.52 Å². The zero-order chi connectivity index (χ0) is 14.5. The molecule has 0 saturated carbocycles. The summed E-state index contributed by atoms with van der Waals surface area (Å²) in [5.41, 5.74) is 2.08. The molecule has 0 saturated heterocycles. The molecular weight excluding hydrogens is 250 g/mol. The fourth-order valence-electron chi connectivity index (χ4n) is 2.36. The fraction of sp³-hybridized carbons (Fsp3) is 0.500. The van der Waals surface area contributed by atoms with Crippen LogP contribution in [0.25, 0.3) is 0 Å². The second-order valence-corrected chi connectivity index (χ2v) is 5.47. The van der Waals surface area contributed by atoms with Gasteiger partial charge in [-0.1, -0.05) is 32.0 Å². The highest BCUT2D eigenvalue weighted by Gasteiger charge is 2.18. The van der Waals surface area contributed by atoms with Gasteiger partial charge in [-0.05, 0) is 25.6 Å². The van der Waals surface area contributed by atoms with Gasteiger partial charge in [0.1, 0.15) is 5.76 Å². The molecule has 2 heterocycles. The van der Waals surface area contributed by atoms with Crippen LogP contribution in [0.3, 0.4) is 0 Å². The van der Waals surface area contributed by atoms with Crippen LogP contribution in [0.4, 0.5) is 0 Å². The molecule has 20 heavy (non-hydrogen) atoms. The van der Waals surface area contributed by atoms with E-state index < -0.39 is 0 Å². The Morgan fingerprint density at radius 2 is 2.10 bits per heavy atom. The summed E-state index contributed by atoms with van der Waals surface area (Å²) < 4.78 is 5.35. The summed E-state index contributed by atoms with van der Waals surface area (Å²) in [7, 11) is 2.10. The van der Waals surface area contributed by atoms with Gasteiger partial charge in [0.2, 0.25) is 0 Å². The lowest BCUT2D eigenvalue weighted by molar-refractivity contribution is 0.219. The third kappa shape index (κ3) is 3.45. The van der Waals surface area contributed by atoms with Crippen molar-refractivity contribution in [2.45, 2.75) is 45.7 Å². The molecule has 0 radical (unpaired) electrons. The number of hydrogen-bond donors (Lipinski definition) is 0. The van der Waals surface area contributed by atoms with E-state index in [9.17, 15) is 0 Å². The second kappa shape index (κ2) is 6.66. The van der Waals surface area contributed by atoms with Crippen molar-refractivity contribution in [3.05, 3.63) is 47.6 Å². The van der Waals surface area contributed by atoms with Gasteiger partial charge in [0.25, 0.3) is 0 Å². The van der Waals surface area contributed by atoms with Crippen LogP contribution in [0.5, 0.6) is 0 Å². The first-order valence-corrected chi connectivity index (χ1v) is 7.18. The molecule has 0 aliphatic heterocycles. The molecule has 0 aromatic carbocycles. The highest BCUT2D eigenvalue weighted by atomic mass is 16.5. The maximum Gasteiger partial charge on any atom is 0.139 e. The van der Waals surface area contributed by atoms with Crippen LogP contribution in [0.1, 0.15) is 56.3 Å². The first kappa shape index (κ1) is 14.7. The number of nitrogens with zero attached hydrogens (tertiary/aromatic N) is 3. The Kier molecular flexibility index (Phi) is 4.90. The van der Waals surface area contributed by atoms with E-state index in [4.69, 9.17) is 4.52 Å². The van der Waals surface area contributed by atoms with Gasteiger partial charge in [-0.3, -0.25) is 9.88 Å². The third-order valence-corrected chi connectivity index (χ3v) is 3.51. The summed E-state index contributed by atoms with van der Waals surface area (Å²) in [6, 6.07) is 8.41. The fourth-order valence-corrected chi connectivity index (χ4v) is 2.36. The number of rotatable bonds is 6. The predicted octanol–water partition coefficient (Wildman–Crippen LogP) is 3.78. The molecule has 0 amide bonds. The van der Waals surface area contributed by atoms with Crippen LogP contribution in [0, 0.1) is 0 Å². The van der Waals surface area contributed by atoms with Crippen LogP contribution in [0.2, 0.25) is 0 Å². The molecule has 0 N–H and O–H groups in total. The summed E-state index contributed by atoms with van der Waals surface area (Å²) in [5.74, 6) is 1.32. The third-order valence-electron chi connectivity index (χ3n) is 3.51. The molecule has 0 aliphatic rings. The topological polar surface area (TPSA) is 42.2 Å². The van der Waals surface area contributed by atoms with Crippen LogP contribution in [0.15, 0.2) is 35.0 Å². The van der Waals surface area contributed by atoms with Gasteiger partial charge in [0, 0.05) is 24.7 Å². The molecular formula is C16H23N3O. The lowest BCUT2D eigenvalue weighted by atomic mass is 10.1. The Labute approximate surface area is 120 Å². The SMILES string of the molecule is CCC(c1ccccn1)N(C)Cc1cc(C(C)C)on1. The maximum absolute atomic E-state index is 5.35. The summed E-state index contributed by atoms with van der Waals surface area (Å²) in [6.45, 7) is 7.16. The average Bonchev–Trinajstić information content (AvgIpc) is 2.89. The van der Waals surface area contributed by atoms with Crippen molar-refractivity contribution in [3.8, 4) is 0 Å². The van der Waals surface area contributed by atoms with Crippen molar-refractivity contribution in [1.82, 2.24) is 15.0 Å². The Balaban J connectivity index is 2.07. The largest absolute Gasteiger partial charge is 0.361 e.